The van der Waals surface area contributed by atoms with Crippen molar-refractivity contribution in [3.63, 3.8) is 0 Å². The van der Waals surface area contributed by atoms with E-state index in [0.717, 1.165) is 0 Å². The first-order chi connectivity index (χ1) is 6.41. The first-order valence-electron chi connectivity index (χ1n) is 4.55. The van der Waals surface area contributed by atoms with Gasteiger partial charge < -0.3 is 15.6 Å². The quantitative estimate of drug-likeness (QED) is 0.679. The summed E-state index contributed by atoms with van der Waals surface area (Å²) >= 11 is 0. The summed E-state index contributed by atoms with van der Waals surface area (Å²) in [4.78, 5) is 20.8. The highest BCUT2D eigenvalue weighted by atomic mass is 16.5. The molecule has 1 atom stereocenters. The van der Waals surface area contributed by atoms with Gasteiger partial charge in [0.05, 0.1) is 13.0 Å². The maximum absolute atomic E-state index is 10.5. The highest BCUT2D eigenvalue weighted by Crippen LogP contribution is 2.15. The van der Waals surface area contributed by atoms with Gasteiger partial charge in [-0.2, -0.15) is 0 Å². The van der Waals surface area contributed by atoms with Gasteiger partial charge in [0.1, 0.15) is 0 Å². The number of carbonyl (C=O) groups is 2. The predicted octanol–water partition coefficient (Wildman–Crippen LogP) is 1.22. The number of carboxylic acid groups (broad SMARTS) is 1. The third-order valence-electron chi connectivity index (χ3n) is 1.73. The van der Waals surface area contributed by atoms with Crippen molar-refractivity contribution in [2.24, 2.45) is 17.6 Å². The summed E-state index contributed by atoms with van der Waals surface area (Å²) in [7, 11) is 0. The molecule has 5 nitrogen and oxygen atoms in total. The van der Waals surface area contributed by atoms with Crippen molar-refractivity contribution < 1.29 is 19.4 Å². The highest BCUT2D eigenvalue weighted by molar-refractivity contribution is 5.67. The molecule has 0 unspecified atom stereocenters. The van der Waals surface area contributed by atoms with Crippen molar-refractivity contribution in [1.29, 1.82) is 0 Å². The van der Waals surface area contributed by atoms with Gasteiger partial charge in [-0.05, 0) is 12.3 Å². The van der Waals surface area contributed by atoms with E-state index in [1.54, 1.807) is 0 Å². The Labute approximate surface area is 83.2 Å². The van der Waals surface area contributed by atoms with E-state index in [2.05, 4.69) is 4.74 Å². The van der Waals surface area contributed by atoms with Gasteiger partial charge in [0.2, 0.25) is 0 Å². The standard InChI is InChI=1S/C9H17NO4/c1-6(2)3-7(4-8(11)12)5-14-9(10)13/h6-7H,3-5H2,1-2H3,(H2,10,13)(H,11,12)/t7-/m0/s1. The van der Waals surface area contributed by atoms with E-state index in [1.807, 2.05) is 13.8 Å². The summed E-state index contributed by atoms with van der Waals surface area (Å²) in [6.45, 7) is 4.05. The smallest absolute Gasteiger partial charge is 0.404 e. The molecule has 0 aromatic rings. The molecular weight excluding hydrogens is 186 g/mol. The Morgan fingerprint density at radius 3 is 2.36 bits per heavy atom. The summed E-state index contributed by atoms with van der Waals surface area (Å²) in [6.07, 6.45) is -0.144. The van der Waals surface area contributed by atoms with Crippen molar-refractivity contribution >= 4 is 12.1 Å². The Hall–Kier alpha value is -1.26. The van der Waals surface area contributed by atoms with Crippen LogP contribution >= 0.6 is 0 Å². The van der Waals surface area contributed by atoms with Gasteiger partial charge in [0.15, 0.2) is 0 Å². The Morgan fingerprint density at radius 2 is 2.00 bits per heavy atom. The molecule has 0 fully saturated rings. The molecule has 0 radical (unpaired) electrons. The second-order valence-corrected chi connectivity index (χ2v) is 3.72. The van der Waals surface area contributed by atoms with Gasteiger partial charge >= 0.3 is 12.1 Å². The van der Waals surface area contributed by atoms with Crippen LogP contribution in [0.25, 0.3) is 0 Å². The fourth-order valence-electron chi connectivity index (χ4n) is 1.32. The Morgan fingerprint density at radius 1 is 1.43 bits per heavy atom. The largest absolute Gasteiger partial charge is 0.481 e. The molecule has 0 aromatic heterocycles. The van der Waals surface area contributed by atoms with Gasteiger partial charge in [-0.3, -0.25) is 4.79 Å². The van der Waals surface area contributed by atoms with E-state index in [9.17, 15) is 9.59 Å². The maximum atomic E-state index is 10.5. The van der Waals surface area contributed by atoms with Crippen LogP contribution in [0.4, 0.5) is 4.79 Å². The van der Waals surface area contributed by atoms with E-state index in [1.165, 1.54) is 0 Å². The van der Waals surface area contributed by atoms with Gasteiger partial charge in [-0.15, -0.1) is 0 Å². The van der Waals surface area contributed by atoms with Crippen molar-refractivity contribution in [2.75, 3.05) is 6.61 Å². The van der Waals surface area contributed by atoms with Crippen LogP contribution < -0.4 is 5.73 Å². The average Bonchev–Trinajstić information content (AvgIpc) is 1.97. The number of rotatable bonds is 6. The van der Waals surface area contributed by atoms with E-state index < -0.39 is 12.1 Å². The van der Waals surface area contributed by atoms with E-state index in [0.29, 0.717) is 12.3 Å². The van der Waals surface area contributed by atoms with Crippen molar-refractivity contribution in [3.8, 4) is 0 Å². The van der Waals surface area contributed by atoms with Gasteiger partial charge in [-0.1, -0.05) is 13.8 Å². The minimum absolute atomic E-state index is 0.00542. The molecule has 1 amide bonds. The third-order valence-corrected chi connectivity index (χ3v) is 1.73. The number of hydrogen-bond acceptors (Lipinski definition) is 3. The molecule has 14 heavy (non-hydrogen) atoms. The second-order valence-electron chi connectivity index (χ2n) is 3.72. The Bertz CT molecular complexity index is 203. The lowest BCUT2D eigenvalue weighted by Crippen LogP contribution is -2.21. The molecule has 0 aliphatic rings. The number of primary amides is 1. The molecular formula is C9H17NO4. The Kier molecular flexibility index (Phi) is 5.67. The number of carboxylic acids is 1. The van der Waals surface area contributed by atoms with Crippen LogP contribution in [0.2, 0.25) is 0 Å². The van der Waals surface area contributed by atoms with E-state index >= 15 is 0 Å². The van der Waals surface area contributed by atoms with E-state index in [4.69, 9.17) is 10.8 Å². The number of hydrogen-bond donors (Lipinski definition) is 2. The van der Waals surface area contributed by atoms with Gasteiger partial charge in [-0.25, -0.2) is 4.79 Å². The molecule has 0 aromatic carbocycles. The fourth-order valence-corrected chi connectivity index (χ4v) is 1.32. The van der Waals surface area contributed by atoms with Crippen LogP contribution in [0, 0.1) is 11.8 Å². The van der Waals surface area contributed by atoms with Gasteiger partial charge in [0.25, 0.3) is 0 Å². The summed E-state index contributed by atoms with van der Waals surface area (Å²) in [5.74, 6) is -0.667. The van der Waals surface area contributed by atoms with Crippen molar-refractivity contribution in [1.82, 2.24) is 0 Å². The summed E-state index contributed by atoms with van der Waals surface area (Å²) in [6, 6.07) is 0. The zero-order valence-electron chi connectivity index (χ0n) is 8.53. The molecule has 0 saturated heterocycles. The Balaban J connectivity index is 3.96. The minimum Gasteiger partial charge on any atom is -0.481 e. The lowest BCUT2D eigenvalue weighted by molar-refractivity contribution is -0.138. The van der Waals surface area contributed by atoms with Gasteiger partial charge in [0, 0.05) is 5.92 Å². The number of carbonyl (C=O) groups excluding carboxylic acids is 1. The zero-order chi connectivity index (χ0) is 11.1. The summed E-state index contributed by atoms with van der Waals surface area (Å²) in [5, 5.41) is 8.59. The second kappa shape index (κ2) is 6.23. The van der Waals surface area contributed by atoms with Crippen LogP contribution in [-0.2, 0) is 9.53 Å². The molecule has 0 aliphatic carbocycles. The lowest BCUT2D eigenvalue weighted by atomic mass is 9.95. The maximum Gasteiger partial charge on any atom is 0.404 e. The highest BCUT2D eigenvalue weighted by Gasteiger charge is 2.16. The summed E-state index contributed by atoms with van der Waals surface area (Å²) in [5.41, 5.74) is 4.79. The number of amides is 1. The molecule has 82 valence electrons. The monoisotopic (exact) mass is 203 g/mol. The topological polar surface area (TPSA) is 89.6 Å². The first kappa shape index (κ1) is 12.7. The lowest BCUT2D eigenvalue weighted by Gasteiger charge is -2.16. The average molecular weight is 203 g/mol. The van der Waals surface area contributed by atoms with Crippen LogP contribution in [0.1, 0.15) is 26.7 Å². The minimum atomic E-state index is -0.885. The van der Waals surface area contributed by atoms with E-state index in [-0.39, 0.29) is 18.9 Å². The van der Waals surface area contributed by atoms with Crippen LogP contribution in [0.15, 0.2) is 0 Å². The summed E-state index contributed by atoms with van der Waals surface area (Å²) < 4.78 is 4.58. The molecule has 0 rings (SSSR count). The molecule has 3 N–H and O–H groups in total. The molecule has 5 heteroatoms. The molecule has 0 bridgehead atoms. The number of aliphatic carboxylic acids is 1. The van der Waals surface area contributed by atoms with Crippen LogP contribution in [0.3, 0.4) is 0 Å². The normalized spacial score (nSPS) is 12.5. The van der Waals surface area contributed by atoms with Crippen molar-refractivity contribution in [3.05, 3.63) is 0 Å². The van der Waals surface area contributed by atoms with Crippen LogP contribution in [0.5, 0.6) is 0 Å². The first-order valence-corrected chi connectivity index (χ1v) is 4.55. The predicted molar refractivity (Wildman–Crippen MR) is 50.7 cm³/mol. The van der Waals surface area contributed by atoms with Crippen molar-refractivity contribution in [2.45, 2.75) is 26.7 Å². The SMILES string of the molecule is CC(C)C[C@H](COC(N)=O)CC(=O)O. The zero-order valence-corrected chi connectivity index (χ0v) is 8.53. The molecule has 0 heterocycles. The fraction of sp³-hybridized carbons (Fsp3) is 0.778. The molecule has 0 saturated carbocycles. The third kappa shape index (κ3) is 7.39. The number of ether oxygens (including phenoxy) is 1. The molecule has 0 spiro atoms. The van der Waals surface area contributed by atoms with Crippen LogP contribution in [-0.4, -0.2) is 23.8 Å². The molecule has 0 aliphatic heterocycles. The number of nitrogens with two attached hydrogens (primary N) is 1.